The fourth-order valence-electron chi connectivity index (χ4n) is 5.53. The van der Waals surface area contributed by atoms with Gasteiger partial charge < -0.3 is 9.64 Å². The molecule has 1 aromatic rings. The van der Waals surface area contributed by atoms with Gasteiger partial charge in [0, 0.05) is 30.6 Å². The summed E-state index contributed by atoms with van der Waals surface area (Å²) >= 11 is 0. The molecule has 4 heteroatoms. The van der Waals surface area contributed by atoms with E-state index >= 15 is 0 Å². The van der Waals surface area contributed by atoms with Crippen molar-refractivity contribution in [3.63, 3.8) is 0 Å². The maximum atomic E-state index is 13.2. The van der Waals surface area contributed by atoms with Crippen molar-refractivity contribution in [1.29, 1.82) is 0 Å². The van der Waals surface area contributed by atoms with Crippen molar-refractivity contribution in [2.45, 2.75) is 56.8 Å². The van der Waals surface area contributed by atoms with Crippen LogP contribution in [0.4, 0.5) is 5.69 Å². The molecule has 1 saturated carbocycles. The summed E-state index contributed by atoms with van der Waals surface area (Å²) in [4.78, 5) is 17.7. The number of ether oxygens (including phenoxy) is 1. The third-order valence-corrected chi connectivity index (χ3v) is 7.27. The topological polar surface area (TPSA) is 32.8 Å². The number of hydrogen-bond acceptors (Lipinski definition) is 3. The molecule has 1 spiro atoms. The number of carbonyl (C=O) groups is 1. The van der Waals surface area contributed by atoms with E-state index < -0.39 is 0 Å². The van der Waals surface area contributed by atoms with Gasteiger partial charge in [-0.05, 0) is 62.0 Å². The van der Waals surface area contributed by atoms with Crippen molar-refractivity contribution in [2.24, 2.45) is 5.92 Å². The van der Waals surface area contributed by atoms with Crippen molar-refractivity contribution >= 4 is 11.6 Å². The zero-order valence-electron chi connectivity index (χ0n) is 17.3. The minimum absolute atomic E-state index is 0.0740. The Bertz CT molecular complexity index is 715. The van der Waals surface area contributed by atoms with Crippen LogP contribution in [0.1, 0.15) is 56.9 Å². The molecule has 0 atom stereocenters. The lowest BCUT2D eigenvalue weighted by Gasteiger charge is -2.39. The lowest BCUT2D eigenvalue weighted by Crippen LogP contribution is -2.46. The van der Waals surface area contributed by atoms with Crippen molar-refractivity contribution in [1.82, 2.24) is 4.90 Å². The molecule has 0 unspecified atom stereocenters. The summed E-state index contributed by atoms with van der Waals surface area (Å²) in [5, 5.41) is 0. The van der Waals surface area contributed by atoms with Gasteiger partial charge in [0.2, 0.25) is 5.91 Å². The lowest BCUT2D eigenvalue weighted by molar-refractivity contribution is -0.119. The first-order chi connectivity index (χ1) is 13.6. The Kier molecular flexibility index (Phi) is 5.77. The summed E-state index contributed by atoms with van der Waals surface area (Å²) in [5.41, 5.74) is 2.51. The maximum Gasteiger partial charge on any atom is 0.227 e. The van der Waals surface area contributed by atoms with Crippen LogP contribution >= 0.6 is 0 Å². The third kappa shape index (κ3) is 3.71. The average Bonchev–Trinajstić information content (AvgIpc) is 3.35. The molecule has 0 radical (unpaired) electrons. The maximum absolute atomic E-state index is 13.2. The summed E-state index contributed by atoms with van der Waals surface area (Å²) in [7, 11) is 1.72. The van der Waals surface area contributed by atoms with Crippen LogP contribution in [0, 0.1) is 5.92 Å². The molecule has 2 fully saturated rings. The van der Waals surface area contributed by atoms with Crippen molar-refractivity contribution in [2.75, 3.05) is 38.2 Å². The fourth-order valence-corrected chi connectivity index (χ4v) is 5.53. The molecular formula is C24H34N2O2. The molecule has 0 bridgehead atoms. The molecule has 0 aromatic heterocycles. The van der Waals surface area contributed by atoms with E-state index in [9.17, 15) is 4.79 Å². The molecule has 4 rings (SSSR count). The van der Waals surface area contributed by atoms with E-state index in [0.29, 0.717) is 12.3 Å². The molecule has 2 heterocycles. The van der Waals surface area contributed by atoms with Crippen LogP contribution in [0.15, 0.2) is 30.9 Å². The quantitative estimate of drug-likeness (QED) is 0.678. The molecule has 0 N–H and O–H groups in total. The number of amides is 1. The standard InChI is InChI=1S/C24H34N2O2/c1-3-14-25-15-12-24(13-16-25)18-26(22-10-9-20(28-2)17-21(22)24)23(27)11-8-19-6-4-5-7-19/h3,9-10,17,19H,1,4-8,11-16,18H2,2H3. The molecule has 4 nitrogen and oxygen atoms in total. The van der Waals surface area contributed by atoms with E-state index in [1.165, 1.54) is 31.2 Å². The van der Waals surface area contributed by atoms with E-state index in [-0.39, 0.29) is 5.41 Å². The van der Waals surface area contributed by atoms with Crippen molar-refractivity contribution in [3.05, 3.63) is 36.4 Å². The van der Waals surface area contributed by atoms with Gasteiger partial charge >= 0.3 is 0 Å². The van der Waals surface area contributed by atoms with Gasteiger partial charge in [0.05, 0.1) is 7.11 Å². The first kappa shape index (κ1) is 19.5. The Morgan fingerprint density at radius 3 is 2.71 bits per heavy atom. The largest absolute Gasteiger partial charge is 0.497 e. The van der Waals surface area contributed by atoms with Gasteiger partial charge in [-0.3, -0.25) is 9.69 Å². The highest BCUT2D eigenvalue weighted by Crippen LogP contribution is 2.48. The Morgan fingerprint density at radius 1 is 1.29 bits per heavy atom. The molecule has 1 aromatic carbocycles. The summed E-state index contributed by atoms with van der Waals surface area (Å²) in [6.45, 7) is 7.79. The number of nitrogens with zero attached hydrogens (tertiary/aromatic N) is 2. The molecule has 2 aliphatic heterocycles. The van der Waals surface area contributed by atoms with Crippen LogP contribution < -0.4 is 9.64 Å². The van der Waals surface area contributed by atoms with E-state index in [1.54, 1.807) is 7.11 Å². The van der Waals surface area contributed by atoms with Gasteiger partial charge in [0.25, 0.3) is 0 Å². The van der Waals surface area contributed by atoms with Crippen LogP contribution in [-0.4, -0.2) is 44.1 Å². The molecule has 152 valence electrons. The molecule has 1 amide bonds. The number of hydrogen-bond donors (Lipinski definition) is 0. The Balaban J connectivity index is 1.53. The van der Waals surface area contributed by atoms with E-state index in [0.717, 1.165) is 62.8 Å². The van der Waals surface area contributed by atoms with E-state index in [1.807, 2.05) is 12.1 Å². The van der Waals surface area contributed by atoms with Crippen LogP contribution in [-0.2, 0) is 10.2 Å². The number of benzene rings is 1. The summed E-state index contributed by atoms with van der Waals surface area (Å²) < 4.78 is 5.52. The Hall–Kier alpha value is -1.81. The highest BCUT2D eigenvalue weighted by Gasteiger charge is 2.46. The summed E-state index contributed by atoms with van der Waals surface area (Å²) in [6.07, 6.45) is 11.2. The van der Waals surface area contributed by atoms with Gasteiger partial charge in [-0.1, -0.05) is 31.8 Å². The third-order valence-electron chi connectivity index (χ3n) is 7.27. The van der Waals surface area contributed by atoms with Crippen molar-refractivity contribution < 1.29 is 9.53 Å². The smallest absolute Gasteiger partial charge is 0.227 e. The minimum atomic E-state index is 0.0740. The first-order valence-corrected chi connectivity index (χ1v) is 11.0. The van der Waals surface area contributed by atoms with E-state index in [2.05, 4.69) is 28.5 Å². The molecule has 1 aliphatic carbocycles. The second-order valence-corrected chi connectivity index (χ2v) is 8.92. The molecule has 1 saturated heterocycles. The number of anilines is 1. The van der Waals surface area contributed by atoms with Crippen LogP contribution in [0.25, 0.3) is 0 Å². The number of methoxy groups -OCH3 is 1. The number of likely N-dealkylation sites (tertiary alicyclic amines) is 1. The van der Waals surface area contributed by atoms with Crippen molar-refractivity contribution in [3.8, 4) is 5.75 Å². The summed E-state index contributed by atoms with van der Waals surface area (Å²) in [5.74, 6) is 1.97. The van der Waals surface area contributed by atoms with Crippen LogP contribution in [0.5, 0.6) is 5.75 Å². The van der Waals surface area contributed by atoms with Crippen LogP contribution in [0.3, 0.4) is 0 Å². The van der Waals surface area contributed by atoms with Gasteiger partial charge in [-0.15, -0.1) is 6.58 Å². The first-order valence-electron chi connectivity index (χ1n) is 11.0. The zero-order valence-corrected chi connectivity index (χ0v) is 17.3. The number of fused-ring (bicyclic) bond motifs is 2. The number of rotatable bonds is 6. The molecule has 28 heavy (non-hydrogen) atoms. The monoisotopic (exact) mass is 382 g/mol. The van der Waals surface area contributed by atoms with Crippen LogP contribution in [0.2, 0.25) is 0 Å². The normalized spacial score (nSPS) is 21.8. The van der Waals surface area contributed by atoms with Gasteiger partial charge in [-0.2, -0.15) is 0 Å². The second-order valence-electron chi connectivity index (χ2n) is 8.92. The second kappa shape index (κ2) is 8.28. The minimum Gasteiger partial charge on any atom is -0.497 e. The van der Waals surface area contributed by atoms with Gasteiger partial charge in [-0.25, -0.2) is 0 Å². The van der Waals surface area contributed by atoms with Gasteiger partial charge in [0.1, 0.15) is 5.75 Å². The Morgan fingerprint density at radius 2 is 2.04 bits per heavy atom. The highest BCUT2D eigenvalue weighted by molar-refractivity contribution is 5.96. The SMILES string of the molecule is C=CCN1CCC2(CC1)CN(C(=O)CCC1CCCC1)c1ccc(OC)cc12. The average molecular weight is 383 g/mol. The predicted molar refractivity (Wildman–Crippen MR) is 114 cm³/mol. The number of carbonyl (C=O) groups excluding carboxylic acids is 1. The number of piperidine rings is 1. The Labute approximate surface area is 169 Å². The molecular weight excluding hydrogens is 348 g/mol. The fraction of sp³-hybridized carbons (Fsp3) is 0.625. The summed E-state index contributed by atoms with van der Waals surface area (Å²) in [6, 6.07) is 6.29. The predicted octanol–water partition coefficient (Wildman–Crippen LogP) is 4.53. The highest BCUT2D eigenvalue weighted by atomic mass is 16.5. The lowest BCUT2D eigenvalue weighted by atomic mass is 9.74. The van der Waals surface area contributed by atoms with Gasteiger partial charge in [0.15, 0.2) is 0 Å². The zero-order chi connectivity index (χ0) is 19.6. The van der Waals surface area contributed by atoms with E-state index in [4.69, 9.17) is 4.74 Å². The molecule has 3 aliphatic rings.